The fraction of sp³-hybridized carbons (Fsp3) is 0.375. The molecular formula is C16H20BrNOS. The predicted octanol–water partition coefficient (Wildman–Crippen LogP) is 4.28. The lowest BCUT2D eigenvalue weighted by molar-refractivity contribution is 0.405. The number of nitrogens with one attached hydrogen (secondary N) is 1. The Kier molecular flexibility index (Phi) is 6.07. The van der Waals surface area contributed by atoms with E-state index in [1.807, 2.05) is 12.1 Å². The molecule has 1 atom stereocenters. The van der Waals surface area contributed by atoms with Crippen LogP contribution in [-0.4, -0.2) is 19.7 Å². The molecule has 1 unspecified atom stereocenters. The summed E-state index contributed by atoms with van der Waals surface area (Å²) in [7, 11) is 1.73. The van der Waals surface area contributed by atoms with E-state index in [0.29, 0.717) is 6.04 Å². The summed E-state index contributed by atoms with van der Waals surface area (Å²) in [5.41, 5.74) is 1.26. The minimum atomic E-state index is 0.432. The summed E-state index contributed by atoms with van der Waals surface area (Å²) in [5.74, 6) is 0.975. The lowest BCUT2D eigenvalue weighted by atomic mass is 10.0. The van der Waals surface area contributed by atoms with Crippen LogP contribution >= 0.6 is 27.3 Å². The summed E-state index contributed by atoms with van der Waals surface area (Å²) in [5, 5.41) is 5.72. The van der Waals surface area contributed by atoms with Crippen molar-refractivity contribution in [1.29, 1.82) is 0 Å². The lowest BCUT2D eigenvalue weighted by Crippen LogP contribution is -2.32. The third-order valence-corrected chi connectivity index (χ3v) is 4.94. The van der Waals surface area contributed by atoms with Crippen molar-refractivity contribution in [3.63, 3.8) is 0 Å². The van der Waals surface area contributed by atoms with Crippen molar-refractivity contribution in [2.24, 2.45) is 0 Å². The fourth-order valence-electron chi connectivity index (χ4n) is 2.35. The molecule has 2 rings (SSSR count). The third kappa shape index (κ3) is 4.33. The first-order valence-electron chi connectivity index (χ1n) is 6.81. The van der Waals surface area contributed by atoms with E-state index in [4.69, 9.17) is 4.74 Å². The largest absolute Gasteiger partial charge is 0.496 e. The molecule has 2 aromatic rings. The second-order valence-corrected chi connectivity index (χ2v) is 6.62. The topological polar surface area (TPSA) is 21.3 Å². The second-order valence-electron chi connectivity index (χ2n) is 4.71. The number of rotatable bonds is 7. The number of ether oxygens (including phenoxy) is 1. The molecule has 0 bridgehead atoms. The van der Waals surface area contributed by atoms with Gasteiger partial charge in [0.15, 0.2) is 0 Å². The van der Waals surface area contributed by atoms with Gasteiger partial charge in [-0.15, -0.1) is 11.3 Å². The van der Waals surface area contributed by atoms with Crippen molar-refractivity contribution in [1.82, 2.24) is 5.32 Å². The van der Waals surface area contributed by atoms with E-state index in [0.717, 1.165) is 25.1 Å². The first-order chi connectivity index (χ1) is 9.72. The fourth-order valence-corrected chi connectivity index (χ4v) is 3.88. The molecule has 0 aliphatic carbocycles. The Labute approximate surface area is 133 Å². The van der Waals surface area contributed by atoms with E-state index < -0.39 is 0 Å². The predicted molar refractivity (Wildman–Crippen MR) is 89.9 cm³/mol. The summed E-state index contributed by atoms with van der Waals surface area (Å²) in [6.07, 6.45) is 2.02. The zero-order chi connectivity index (χ0) is 14.4. The Hall–Kier alpha value is -0.840. The van der Waals surface area contributed by atoms with E-state index in [2.05, 4.69) is 51.7 Å². The first kappa shape index (κ1) is 15.5. The molecule has 20 heavy (non-hydrogen) atoms. The third-order valence-electron chi connectivity index (χ3n) is 3.22. The number of likely N-dealkylation sites (N-methyl/N-ethyl adjacent to an activating group) is 1. The molecule has 0 aliphatic rings. The zero-order valence-corrected chi connectivity index (χ0v) is 14.3. The van der Waals surface area contributed by atoms with Gasteiger partial charge in [0.25, 0.3) is 0 Å². The van der Waals surface area contributed by atoms with E-state index in [-0.39, 0.29) is 0 Å². The SMILES string of the molecule is CCNC(Cc1cc(Br)cs1)Cc1ccccc1OC. The van der Waals surface area contributed by atoms with Gasteiger partial charge in [-0.25, -0.2) is 0 Å². The van der Waals surface area contributed by atoms with Gasteiger partial charge >= 0.3 is 0 Å². The maximum atomic E-state index is 5.45. The highest BCUT2D eigenvalue weighted by atomic mass is 79.9. The van der Waals surface area contributed by atoms with Crippen molar-refractivity contribution < 1.29 is 4.74 Å². The highest BCUT2D eigenvalue weighted by molar-refractivity contribution is 9.10. The smallest absolute Gasteiger partial charge is 0.122 e. The van der Waals surface area contributed by atoms with Crippen LogP contribution in [0.1, 0.15) is 17.4 Å². The van der Waals surface area contributed by atoms with Gasteiger partial charge < -0.3 is 10.1 Å². The number of hydrogen-bond donors (Lipinski definition) is 1. The molecule has 0 amide bonds. The number of methoxy groups -OCH3 is 1. The average molecular weight is 354 g/mol. The number of hydrogen-bond acceptors (Lipinski definition) is 3. The van der Waals surface area contributed by atoms with Crippen LogP contribution in [0.5, 0.6) is 5.75 Å². The molecule has 0 saturated heterocycles. The molecule has 0 spiro atoms. The number of para-hydroxylation sites is 1. The molecular weight excluding hydrogens is 334 g/mol. The normalized spacial score (nSPS) is 12.3. The summed E-state index contributed by atoms with van der Waals surface area (Å²) < 4.78 is 6.62. The molecule has 1 heterocycles. The standard InChI is InChI=1S/C16H20BrNOS/c1-3-18-14(10-15-9-13(17)11-20-15)8-12-6-4-5-7-16(12)19-2/h4-7,9,11,14,18H,3,8,10H2,1-2H3. The van der Waals surface area contributed by atoms with E-state index in [1.165, 1.54) is 14.9 Å². The number of halogens is 1. The van der Waals surface area contributed by atoms with Crippen molar-refractivity contribution >= 4 is 27.3 Å². The quantitative estimate of drug-likeness (QED) is 0.801. The van der Waals surface area contributed by atoms with Crippen molar-refractivity contribution in [2.45, 2.75) is 25.8 Å². The Morgan fingerprint density at radius 2 is 2.10 bits per heavy atom. The minimum absolute atomic E-state index is 0.432. The zero-order valence-electron chi connectivity index (χ0n) is 11.9. The van der Waals surface area contributed by atoms with E-state index in [1.54, 1.807) is 18.4 Å². The van der Waals surface area contributed by atoms with Crippen LogP contribution in [0.15, 0.2) is 40.2 Å². The molecule has 2 nitrogen and oxygen atoms in total. The maximum absolute atomic E-state index is 5.45. The summed E-state index contributed by atoms with van der Waals surface area (Å²) in [4.78, 5) is 1.40. The van der Waals surface area contributed by atoms with Gasteiger partial charge in [0.2, 0.25) is 0 Å². The van der Waals surface area contributed by atoms with E-state index in [9.17, 15) is 0 Å². The molecule has 0 aliphatic heterocycles. The Morgan fingerprint density at radius 1 is 1.30 bits per heavy atom. The van der Waals surface area contributed by atoms with Gasteiger partial charge in [0, 0.05) is 20.8 Å². The van der Waals surface area contributed by atoms with Gasteiger partial charge in [-0.05, 0) is 53.0 Å². The van der Waals surface area contributed by atoms with Crippen LogP contribution in [-0.2, 0) is 12.8 Å². The summed E-state index contributed by atoms with van der Waals surface area (Å²) in [6, 6.07) is 10.9. The highest BCUT2D eigenvalue weighted by Crippen LogP contribution is 2.24. The summed E-state index contributed by atoms with van der Waals surface area (Å²) >= 11 is 5.33. The molecule has 1 N–H and O–H groups in total. The van der Waals surface area contributed by atoms with Gasteiger partial charge in [-0.1, -0.05) is 25.1 Å². The average Bonchev–Trinajstić information content (AvgIpc) is 2.85. The molecule has 0 fully saturated rings. The summed E-state index contributed by atoms with van der Waals surface area (Å²) in [6.45, 7) is 3.13. The molecule has 1 aromatic heterocycles. The van der Waals surface area contributed by atoms with Crippen LogP contribution in [0.4, 0.5) is 0 Å². The first-order valence-corrected chi connectivity index (χ1v) is 8.48. The molecule has 0 saturated carbocycles. The van der Waals surface area contributed by atoms with Crippen LogP contribution in [0.25, 0.3) is 0 Å². The highest BCUT2D eigenvalue weighted by Gasteiger charge is 2.13. The Balaban J connectivity index is 2.08. The maximum Gasteiger partial charge on any atom is 0.122 e. The van der Waals surface area contributed by atoms with Crippen LogP contribution in [0, 0.1) is 0 Å². The molecule has 4 heteroatoms. The minimum Gasteiger partial charge on any atom is -0.496 e. The van der Waals surface area contributed by atoms with Crippen LogP contribution < -0.4 is 10.1 Å². The van der Waals surface area contributed by atoms with Crippen LogP contribution in [0.3, 0.4) is 0 Å². The van der Waals surface area contributed by atoms with Gasteiger partial charge in [-0.3, -0.25) is 0 Å². The van der Waals surface area contributed by atoms with Crippen LogP contribution in [0.2, 0.25) is 0 Å². The van der Waals surface area contributed by atoms with Gasteiger partial charge in [-0.2, -0.15) is 0 Å². The molecule has 0 radical (unpaired) electrons. The molecule has 108 valence electrons. The second kappa shape index (κ2) is 7.81. The molecule has 1 aromatic carbocycles. The van der Waals surface area contributed by atoms with Gasteiger partial charge in [0.1, 0.15) is 5.75 Å². The van der Waals surface area contributed by atoms with Gasteiger partial charge in [0.05, 0.1) is 7.11 Å². The lowest BCUT2D eigenvalue weighted by Gasteiger charge is -2.18. The van der Waals surface area contributed by atoms with E-state index >= 15 is 0 Å². The van der Waals surface area contributed by atoms with Crippen molar-refractivity contribution in [2.75, 3.05) is 13.7 Å². The van der Waals surface area contributed by atoms with Crippen molar-refractivity contribution in [3.8, 4) is 5.75 Å². The number of thiophene rings is 1. The Morgan fingerprint density at radius 3 is 2.75 bits per heavy atom. The number of benzene rings is 1. The Bertz CT molecular complexity index is 541. The van der Waals surface area contributed by atoms with Crippen molar-refractivity contribution in [3.05, 3.63) is 50.6 Å². The monoisotopic (exact) mass is 353 g/mol.